The lowest BCUT2D eigenvalue weighted by molar-refractivity contribution is -0.212. The van der Waals surface area contributed by atoms with Crippen LogP contribution < -0.4 is 0 Å². The standard InChI is InChI=1S/C20H28O4/c1-10-3-13-9-16(10)23-18(21)17(13)19(22)24-20(2)14-5-11-4-12(7-14)8-15(20)6-11/h10-17H,3-9H2,1-2H3. The smallest absolute Gasteiger partial charge is 0.321 e. The van der Waals surface area contributed by atoms with Crippen molar-refractivity contribution >= 4 is 11.9 Å². The second kappa shape index (κ2) is 4.98. The van der Waals surface area contributed by atoms with E-state index in [1.807, 2.05) is 0 Å². The van der Waals surface area contributed by atoms with Gasteiger partial charge < -0.3 is 9.47 Å². The molecule has 5 saturated carbocycles. The molecule has 0 amide bonds. The summed E-state index contributed by atoms with van der Waals surface area (Å²) >= 11 is 0. The van der Waals surface area contributed by atoms with E-state index >= 15 is 0 Å². The highest BCUT2D eigenvalue weighted by atomic mass is 16.6. The van der Waals surface area contributed by atoms with E-state index in [9.17, 15) is 9.59 Å². The van der Waals surface area contributed by atoms with Crippen LogP contribution in [0.15, 0.2) is 0 Å². The molecule has 0 spiro atoms. The molecular weight excluding hydrogens is 304 g/mol. The van der Waals surface area contributed by atoms with E-state index in [1.165, 1.54) is 32.1 Å². The predicted octanol–water partition coefficient (Wildman–Crippen LogP) is 3.33. The van der Waals surface area contributed by atoms with Crippen LogP contribution in [0.5, 0.6) is 0 Å². The van der Waals surface area contributed by atoms with E-state index < -0.39 is 5.92 Å². The summed E-state index contributed by atoms with van der Waals surface area (Å²) in [5, 5.41) is 0. The van der Waals surface area contributed by atoms with Crippen LogP contribution >= 0.6 is 0 Å². The van der Waals surface area contributed by atoms with Crippen LogP contribution in [0.2, 0.25) is 0 Å². The fourth-order valence-electron chi connectivity index (χ4n) is 6.96. The first kappa shape index (κ1) is 15.2. The summed E-state index contributed by atoms with van der Waals surface area (Å²) in [5.41, 5.74) is -0.355. The van der Waals surface area contributed by atoms with Gasteiger partial charge in [-0.25, -0.2) is 0 Å². The molecule has 5 aliphatic carbocycles. The molecule has 4 atom stereocenters. The molecule has 6 bridgehead atoms. The molecule has 24 heavy (non-hydrogen) atoms. The lowest BCUT2D eigenvalue weighted by atomic mass is 9.50. The predicted molar refractivity (Wildman–Crippen MR) is 86.8 cm³/mol. The third-order valence-electron chi connectivity index (χ3n) is 8.17. The van der Waals surface area contributed by atoms with Crippen molar-refractivity contribution in [1.29, 1.82) is 0 Å². The van der Waals surface area contributed by atoms with Crippen molar-refractivity contribution in [3.05, 3.63) is 0 Å². The van der Waals surface area contributed by atoms with Crippen molar-refractivity contribution in [2.45, 2.75) is 70.5 Å². The van der Waals surface area contributed by atoms with Gasteiger partial charge in [-0.1, -0.05) is 6.92 Å². The van der Waals surface area contributed by atoms with Gasteiger partial charge in [-0.05, 0) is 87.4 Å². The van der Waals surface area contributed by atoms with Gasteiger partial charge in [-0.3, -0.25) is 9.59 Å². The first-order chi connectivity index (χ1) is 11.4. The second-order valence-corrected chi connectivity index (χ2v) is 9.57. The van der Waals surface area contributed by atoms with Gasteiger partial charge in [0.05, 0.1) is 0 Å². The Morgan fingerprint density at radius 2 is 1.67 bits per heavy atom. The quantitative estimate of drug-likeness (QED) is 0.575. The van der Waals surface area contributed by atoms with E-state index in [0.29, 0.717) is 17.8 Å². The summed E-state index contributed by atoms with van der Waals surface area (Å²) in [7, 11) is 0. The molecule has 6 fully saturated rings. The minimum atomic E-state index is -0.680. The van der Waals surface area contributed by atoms with Crippen LogP contribution in [0.4, 0.5) is 0 Å². The molecule has 1 heterocycles. The number of rotatable bonds is 2. The maximum atomic E-state index is 13.0. The van der Waals surface area contributed by atoms with Crippen LogP contribution in [0.1, 0.15) is 58.8 Å². The minimum Gasteiger partial charge on any atom is -0.461 e. The summed E-state index contributed by atoms with van der Waals surface area (Å²) in [5.74, 6) is 1.85. The first-order valence-electron chi connectivity index (χ1n) is 9.87. The molecule has 4 nitrogen and oxygen atoms in total. The summed E-state index contributed by atoms with van der Waals surface area (Å²) in [6.07, 6.45) is 7.95. The van der Waals surface area contributed by atoms with Gasteiger partial charge in [-0.15, -0.1) is 0 Å². The highest BCUT2D eigenvalue weighted by Crippen LogP contribution is 2.59. The van der Waals surface area contributed by atoms with Crippen LogP contribution in [-0.4, -0.2) is 23.6 Å². The molecular formula is C20H28O4. The SMILES string of the molecule is CC1CC2CC1OC(=O)C2C(=O)OC1(C)C2CC3CC(C2)CC1C3. The van der Waals surface area contributed by atoms with E-state index in [2.05, 4.69) is 13.8 Å². The first-order valence-corrected chi connectivity index (χ1v) is 9.87. The van der Waals surface area contributed by atoms with Crippen LogP contribution in [0.25, 0.3) is 0 Å². The average molecular weight is 332 g/mol. The van der Waals surface area contributed by atoms with Crippen molar-refractivity contribution in [3.8, 4) is 0 Å². The average Bonchev–Trinajstić information content (AvgIpc) is 2.79. The van der Waals surface area contributed by atoms with Gasteiger partial charge in [0.25, 0.3) is 0 Å². The molecule has 0 N–H and O–H groups in total. The summed E-state index contributed by atoms with van der Waals surface area (Å²) in [6, 6.07) is 0. The van der Waals surface area contributed by atoms with Crippen LogP contribution in [0, 0.1) is 41.4 Å². The normalized spacial score (nSPS) is 54.7. The maximum absolute atomic E-state index is 13.0. The van der Waals surface area contributed by atoms with E-state index in [4.69, 9.17) is 9.47 Å². The zero-order chi connectivity index (χ0) is 16.6. The highest BCUT2D eigenvalue weighted by molar-refractivity contribution is 5.96. The Morgan fingerprint density at radius 1 is 1.04 bits per heavy atom. The van der Waals surface area contributed by atoms with Crippen molar-refractivity contribution < 1.29 is 19.1 Å². The Labute approximate surface area is 143 Å². The summed E-state index contributed by atoms with van der Waals surface area (Å²) < 4.78 is 11.7. The minimum absolute atomic E-state index is 0.0170. The fourth-order valence-corrected chi connectivity index (χ4v) is 6.96. The van der Waals surface area contributed by atoms with Gasteiger partial charge in [-0.2, -0.15) is 0 Å². The number of hydrogen-bond donors (Lipinski definition) is 0. The Hall–Kier alpha value is -1.06. The van der Waals surface area contributed by atoms with Gasteiger partial charge in [0.15, 0.2) is 5.92 Å². The zero-order valence-corrected chi connectivity index (χ0v) is 14.7. The van der Waals surface area contributed by atoms with Crippen LogP contribution in [-0.2, 0) is 19.1 Å². The molecule has 4 heteroatoms. The highest BCUT2D eigenvalue weighted by Gasteiger charge is 2.59. The molecule has 1 saturated heterocycles. The van der Waals surface area contributed by atoms with Gasteiger partial charge in [0.1, 0.15) is 11.7 Å². The van der Waals surface area contributed by atoms with Crippen molar-refractivity contribution in [3.63, 3.8) is 0 Å². The van der Waals surface area contributed by atoms with Crippen LogP contribution in [0.3, 0.4) is 0 Å². The van der Waals surface area contributed by atoms with Gasteiger partial charge in [0, 0.05) is 0 Å². The fraction of sp³-hybridized carbons (Fsp3) is 0.900. The number of ether oxygens (including phenoxy) is 2. The lowest BCUT2D eigenvalue weighted by Gasteiger charge is -2.59. The number of fused-ring (bicyclic) bond motifs is 2. The maximum Gasteiger partial charge on any atom is 0.321 e. The van der Waals surface area contributed by atoms with Crippen molar-refractivity contribution in [2.75, 3.05) is 0 Å². The molecule has 4 unspecified atom stereocenters. The number of hydrogen-bond acceptors (Lipinski definition) is 4. The molecule has 6 aliphatic rings. The summed E-state index contributed by atoms with van der Waals surface area (Å²) in [6.45, 7) is 4.26. The Balaban J connectivity index is 1.36. The topological polar surface area (TPSA) is 52.6 Å². The van der Waals surface area contributed by atoms with E-state index in [0.717, 1.165) is 24.7 Å². The molecule has 1 aliphatic heterocycles. The molecule has 0 radical (unpaired) electrons. The lowest BCUT2D eigenvalue weighted by Crippen LogP contribution is -2.59. The van der Waals surface area contributed by atoms with E-state index in [1.54, 1.807) is 0 Å². The third kappa shape index (κ3) is 2.04. The number of carbonyl (C=O) groups excluding carboxylic acids is 2. The van der Waals surface area contributed by atoms with Gasteiger partial charge in [0.2, 0.25) is 0 Å². The van der Waals surface area contributed by atoms with Crippen molar-refractivity contribution in [2.24, 2.45) is 41.4 Å². The summed E-state index contributed by atoms with van der Waals surface area (Å²) in [4.78, 5) is 25.3. The Bertz CT molecular complexity index is 552. The number of carbonyl (C=O) groups is 2. The Morgan fingerprint density at radius 3 is 2.29 bits per heavy atom. The second-order valence-electron chi connectivity index (χ2n) is 9.57. The molecule has 0 aromatic carbocycles. The molecule has 6 rings (SSSR count). The molecule has 0 aromatic heterocycles. The zero-order valence-electron chi connectivity index (χ0n) is 14.7. The molecule has 132 valence electrons. The third-order valence-corrected chi connectivity index (χ3v) is 8.17. The largest absolute Gasteiger partial charge is 0.461 e. The molecule has 0 aromatic rings. The Kier molecular flexibility index (Phi) is 3.16. The van der Waals surface area contributed by atoms with E-state index in [-0.39, 0.29) is 29.6 Å². The van der Waals surface area contributed by atoms with Crippen molar-refractivity contribution in [1.82, 2.24) is 0 Å². The monoisotopic (exact) mass is 332 g/mol. The number of esters is 2. The van der Waals surface area contributed by atoms with Gasteiger partial charge >= 0.3 is 11.9 Å².